The molecule has 2 heterocycles. The number of piperidine rings is 2. The van der Waals surface area contributed by atoms with Crippen molar-refractivity contribution in [2.75, 3.05) is 6.54 Å². The van der Waals surface area contributed by atoms with E-state index in [4.69, 9.17) is 12.2 Å². The largest absolute Gasteiger partial charge is 0.309 e. The van der Waals surface area contributed by atoms with Crippen LogP contribution in [0.1, 0.15) is 19.3 Å². The van der Waals surface area contributed by atoms with Gasteiger partial charge in [0.1, 0.15) is 0 Å². The lowest BCUT2D eigenvalue weighted by molar-refractivity contribution is 0.324. The summed E-state index contributed by atoms with van der Waals surface area (Å²) in [5.74, 6) is 0.877. The van der Waals surface area contributed by atoms with Gasteiger partial charge < -0.3 is 5.32 Å². The summed E-state index contributed by atoms with van der Waals surface area (Å²) in [4.78, 5) is 1.28. The molecule has 9 heavy (non-hydrogen) atoms. The smallest absolute Gasteiger partial charge is 0.0384 e. The zero-order chi connectivity index (χ0) is 6.27. The first-order valence-corrected chi connectivity index (χ1v) is 4.03. The van der Waals surface area contributed by atoms with Crippen molar-refractivity contribution in [2.45, 2.75) is 25.3 Å². The molecule has 1 aliphatic carbocycles. The van der Waals surface area contributed by atoms with Crippen molar-refractivity contribution in [1.29, 1.82) is 0 Å². The van der Waals surface area contributed by atoms with Gasteiger partial charge in [-0.05, 0) is 31.7 Å². The minimum absolute atomic E-state index is 0.602. The van der Waals surface area contributed by atoms with Crippen LogP contribution in [-0.2, 0) is 0 Å². The predicted octanol–water partition coefficient (Wildman–Crippen LogP) is 1.13. The van der Waals surface area contributed by atoms with Crippen LogP contribution in [0.25, 0.3) is 0 Å². The van der Waals surface area contributed by atoms with Crippen molar-refractivity contribution < 1.29 is 0 Å². The average molecular weight is 141 g/mol. The molecule has 0 amide bonds. The van der Waals surface area contributed by atoms with Crippen molar-refractivity contribution in [3.63, 3.8) is 0 Å². The molecule has 0 aromatic rings. The highest BCUT2D eigenvalue weighted by Crippen LogP contribution is 2.26. The van der Waals surface area contributed by atoms with E-state index in [2.05, 4.69) is 5.32 Å². The second-order valence-corrected chi connectivity index (χ2v) is 3.60. The molecule has 2 bridgehead atoms. The molecule has 2 heteroatoms. The van der Waals surface area contributed by atoms with Crippen LogP contribution in [0, 0.1) is 5.92 Å². The fraction of sp³-hybridized carbons (Fsp3) is 0.857. The molecule has 2 atom stereocenters. The van der Waals surface area contributed by atoms with Gasteiger partial charge in [-0.25, -0.2) is 0 Å². The summed E-state index contributed by atoms with van der Waals surface area (Å²) in [6.45, 7) is 1.21. The third-order valence-corrected chi connectivity index (χ3v) is 2.85. The van der Waals surface area contributed by atoms with E-state index in [0.717, 1.165) is 5.92 Å². The molecule has 50 valence electrons. The Bertz CT molecular complexity index is 136. The first-order valence-electron chi connectivity index (χ1n) is 3.62. The number of rotatable bonds is 0. The van der Waals surface area contributed by atoms with Gasteiger partial charge in [0.15, 0.2) is 0 Å². The van der Waals surface area contributed by atoms with E-state index in [0.29, 0.717) is 6.04 Å². The standard InChI is InChI=1S/C7H11NS/c9-7-3-5-1-2-6(7)8-4-5/h5-6,8H,1-4H2. The van der Waals surface area contributed by atoms with E-state index in [9.17, 15) is 0 Å². The van der Waals surface area contributed by atoms with Gasteiger partial charge in [-0.2, -0.15) is 0 Å². The van der Waals surface area contributed by atoms with Crippen molar-refractivity contribution in [3.05, 3.63) is 0 Å². The zero-order valence-electron chi connectivity index (χ0n) is 5.39. The van der Waals surface area contributed by atoms with Crippen LogP contribution in [0.4, 0.5) is 0 Å². The van der Waals surface area contributed by atoms with Crippen LogP contribution >= 0.6 is 12.2 Å². The summed E-state index contributed by atoms with van der Waals surface area (Å²) >= 11 is 5.19. The zero-order valence-corrected chi connectivity index (χ0v) is 6.21. The summed E-state index contributed by atoms with van der Waals surface area (Å²) in [6, 6.07) is 0.602. The Hall–Kier alpha value is 0.0500. The van der Waals surface area contributed by atoms with E-state index < -0.39 is 0 Å². The SMILES string of the molecule is S=C1CC2CCC1NC2. The van der Waals surface area contributed by atoms with Gasteiger partial charge in [0.2, 0.25) is 0 Å². The number of fused-ring (bicyclic) bond motifs is 3. The second kappa shape index (κ2) is 2.03. The maximum absolute atomic E-state index is 5.19. The number of thiocarbonyl (C=S) groups is 1. The second-order valence-electron chi connectivity index (χ2n) is 3.07. The average Bonchev–Trinajstić information content (AvgIpc) is 1.90. The van der Waals surface area contributed by atoms with Crippen molar-refractivity contribution in [2.24, 2.45) is 5.92 Å². The summed E-state index contributed by atoms with van der Waals surface area (Å²) in [7, 11) is 0. The number of hydrogen-bond donors (Lipinski definition) is 1. The van der Waals surface area contributed by atoms with E-state index in [-0.39, 0.29) is 0 Å². The molecule has 1 saturated carbocycles. The van der Waals surface area contributed by atoms with Gasteiger partial charge in [-0.3, -0.25) is 0 Å². The minimum Gasteiger partial charge on any atom is -0.309 e. The van der Waals surface area contributed by atoms with E-state index >= 15 is 0 Å². The molecule has 0 spiro atoms. The van der Waals surface area contributed by atoms with Gasteiger partial charge in [0.25, 0.3) is 0 Å². The number of nitrogens with one attached hydrogen (secondary N) is 1. The van der Waals surface area contributed by atoms with Gasteiger partial charge in [-0.15, -0.1) is 0 Å². The monoisotopic (exact) mass is 141 g/mol. The molecule has 3 rings (SSSR count). The van der Waals surface area contributed by atoms with Crippen molar-refractivity contribution >= 4 is 17.1 Å². The van der Waals surface area contributed by atoms with Crippen LogP contribution < -0.4 is 5.32 Å². The van der Waals surface area contributed by atoms with Crippen LogP contribution in [0.15, 0.2) is 0 Å². The van der Waals surface area contributed by atoms with Crippen LogP contribution in [0.5, 0.6) is 0 Å². The Balaban J connectivity index is 2.15. The van der Waals surface area contributed by atoms with Gasteiger partial charge >= 0.3 is 0 Å². The molecule has 0 aromatic carbocycles. The quantitative estimate of drug-likeness (QED) is 0.507. The first-order chi connectivity index (χ1) is 4.36. The highest BCUT2D eigenvalue weighted by Gasteiger charge is 2.30. The molecule has 0 radical (unpaired) electrons. The normalized spacial score (nSPS) is 41.6. The van der Waals surface area contributed by atoms with Gasteiger partial charge in [0, 0.05) is 10.9 Å². The fourth-order valence-corrected chi connectivity index (χ4v) is 2.23. The summed E-state index contributed by atoms with van der Waals surface area (Å²) < 4.78 is 0. The first kappa shape index (κ1) is 5.81. The molecule has 2 saturated heterocycles. The maximum atomic E-state index is 5.19. The predicted molar refractivity (Wildman–Crippen MR) is 41.7 cm³/mol. The highest BCUT2D eigenvalue weighted by atomic mass is 32.1. The molecule has 1 N–H and O–H groups in total. The van der Waals surface area contributed by atoms with E-state index in [1.807, 2.05) is 0 Å². The van der Waals surface area contributed by atoms with Gasteiger partial charge in [0.05, 0.1) is 0 Å². The lowest BCUT2D eigenvalue weighted by Crippen LogP contribution is -2.49. The minimum atomic E-state index is 0.602. The van der Waals surface area contributed by atoms with Gasteiger partial charge in [-0.1, -0.05) is 12.2 Å². The molecule has 3 fully saturated rings. The Kier molecular flexibility index (Phi) is 1.31. The maximum Gasteiger partial charge on any atom is 0.0384 e. The topological polar surface area (TPSA) is 12.0 Å². The van der Waals surface area contributed by atoms with Crippen molar-refractivity contribution in [3.8, 4) is 0 Å². The molecular formula is C7H11NS. The number of hydrogen-bond acceptors (Lipinski definition) is 2. The molecule has 1 nitrogen and oxygen atoms in total. The summed E-state index contributed by atoms with van der Waals surface area (Å²) in [5, 5.41) is 3.43. The fourth-order valence-electron chi connectivity index (χ4n) is 1.79. The summed E-state index contributed by atoms with van der Waals surface area (Å²) in [5.41, 5.74) is 0. The Labute approximate surface area is 60.8 Å². The molecule has 2 aliphatic heterocycles. The van der Waals surface area contributed by atoms with Crippen LogP contribution in [0.3, 0.4) is 0 Å². The lowest BCUT2D eigenvalue weighted by Gasteiger charge is -2.37. The highest BCUT2D eigenvalue weighted by molar-refractivity contribution is 7.80. The summed E-state index contributed by atoms with van der Waals surface area (Å²) in [6.07, 6.45) is 3.91. The Morgan fingerprint density at radius 1 is 1.44 bits per heavy atom. The third-order valence-electron chi connectivity index (χ3n) is 2.40. The molecule has 2 unspecified atom stereocenters. The van der Waals surface area contributed by atoms with E-state index in [1.54, 1.807) is 0 Å². The lowest BCUT2D eigenvalue weighted by atomic mass is 9.81. The molecule has 3 aliphatic rings. The van der Waals surface area contributed by atoms with Crippen molar-refractivity contribution in [1.82, 2.24) is 5.32 Å². The molecular weight excluding hydrogens is 130 g/mol. The molecule has 0 aromatic heterocycles. The third kappa shape index (κ3) is 0.904. The Morgan fingerprint density at radius 2 is 2.33 bits per heavy atom. The van der Waals surface area contributed by atoms with Crippen LogP contribution in [0.2, 0.25) is 0 Å². The van der Waals surface area contributed by atoms with E-state index in [1.165, 1.54) is 30.7 Å². The van der Waals surface area contributed by atoms with Crippen LogP contribution in [-0.4, -0.2) is 17.5 Å². The Morgan fingerprint density at radius 3 is 2.56 bits per heavy atom.